The maximum atomic E-state index is 10.8. The number of imidazole rings is 1. The molecular weight excluding hydrogens is 290 g/mol. The van der Waals surface area contributed by atoms with E-state index in [1.165, 1.54) is 12.7 Å². The van der Waals surface area contributed by atoms with Crippen LogP contribution in [0.15, 0.2) is 12.7 Å². The maximum Gasteiger partial charge on any atom is 0.165 e. The van der Waals surface area contributed by atoms with Crippen LogP contribution < -0.4 is 5.73 Å². The molecule has 2 saturated carbocycles. The quantitative estimate of drug-likeness (QED) is 0.439. The predicted octanol–water partition coefficient (Wildman–Crippen LogP) is -1.95. The predicted molar refractivity (Wildman–Crippen MR) is 74.4 cm³/mol. The minimum Gasteiger partial charge on any atom is -0.396 e. The topological polar surface area (TPSA) is 151 Å². The van der Waals surface area contributed by atoms with Crippen LogP contribution in [0.2, 0.25) is 0 Å². The molecule has 0 bridgehead atoms. The fraction of sp³-hybridized carbons (Fsp3) is 0.615. The van der Waals surface area contributed by atoms with Crippen LogP contribution in [-0.4, -0.2) is 64.9 Å². The second-order valence-corrected chi connectivity index (χ2v) is 6.28. The Morgan fingerprint density at radius 3 is 2.73 bits per heavy atom. The number of rotatable bonds is 3. The minimum atomic E-state index is -1.76. The zero-order valence-electron chi connectivity index (χ0n) is 11.7. The Balaban J connectivity index is 1.89. The second kappa shape index (κ2) is 4.13. The molecule has 0 aromatic carbocycles. The first-order chi connectivity index (χ1) is 10.5. The van der Waals surface area contributed by atoms with E-state index in [0.717, 1.165) is 0 Å². The summed E-state index contributed by atoms with van der Waals surface area (Å²) in [6, 6.07) is -0.640. The Labute approximate surface area is 125 Å². The molecule has 2 aliphatic carbocycles. The first kappa shape index (κ1) is 13.8. The van der Waals surface area contributed by atoms with Crippen molar-refractivity contribution in [2.24, 2.45) is 11.3 Å². The van der Waals surface area contributed by atoms with Crippen LogP contribution in [0.4, 0.5) is 5.82 Å². The van der Waals surface area contributed by atoms with Crippen LogP contribution in [0.1, 0.15) is 12.5 Å². The van der Waals surface area contributed by atoms with Crippen LogP contribution >= 0.6 is 0 Å². The Hall–Kier alpha value is -1.81. The summed E-state index contributed by atoms with van der Waals surface area (Å²) in [7, 11) is 0. The summed E-state index contributed by atoms with van der Waals surface area (Å²) in [5.41, 5.74) is 4.05. The molecule has 118 valence electrons. The highest BCUT2D eigenvalue weighted by Gasteiger charge is 2.76. The highest BCUT2D eigenvalue weighted by molar-refractivity contribution is 5.81. The fourth-order valence-corrected chi connectivity index (χ4v) is 4.06. The third-order valence-electron chi connectivity index (χ3n) is 5.32. The molecule has 0 amide bonds. The van der Waals surface area contributed by atoms with Crippen molar-refractivity contribution < 1.29 is 20.4 Å². The van der Waals surface area contributed by atoms with Gasteiger partial charge >= 0.3 is 0 Å². The van der Waals surface area contributed by atoms with Crippen LogP contribution in [0.3, 0.4) is 0 Å². The van der Waals surface area contributed by atoms with E-state index in [1.807, 2.05) is 0 Å². The molecule has 9 nitrogen and oxygen atoms in total. The number of nitrogens with zero attached hydrogens (tertiary/aromatic N) is 4. The summed E-state index contributed by atoms with van der Waals surface area (Å²) in [5, 5.41) is 40.5. The van der Waals surface area contributed by atoms with Crippen molar-refractivity contribution in [1.29, 1.82) is 0 Å². The molecule has 6 N–H and O–H groups in total. The Kier molecular flexibility index (Phi) is 2.60. The lowest BCUT2D eigenvalue weighted by Crippen LogP contribution is -2.52. The van der Waals surface area contributed by atoms with Gasteiger partial charge in [-0.3, -0.25) is 0 Å². The maximum absolute atomic E-state index is 10.8. The number of fused-ring (bicyclic) bond motifs is 2. The van der Waals surface area contributed by atoms with E-state index in [2.05, 4.69) is 15.0 Å². The van der Waals surface area contributed by atoms with Gasteiger partial charge in [-0.15, -0.1) is 0 Å². The van der Waals surface area contributed by atoms with E-state index in [9.17, 15) is 20.4 Å². The first-order valence-corrected chi connectivity index (χ1v) is 7.05. The number of hydrogen-bond acceptors (Lipinski definition) is 8. The molecule has 2 aromatic heterocycles. The van der Waals surface area contributed by atoms with Gasteiger partial charge in [-0.05, 0) is 12.3 Å². The molecular formula is C13H17N5O4. The van der Waals surface area contributed by atoms with Crippen molar-refractivity contribution in [3.8, 4) is 0 Å². The van der Waals surface area contributed by atoms with E-state index < -0.39 is 29.8 Å². The van der Waals surface area contributed by atoms with Gasteiger partial charge < -0.3 is 30.7 Å². The standard InChI is InChI=1S/C13H17N5O4/c14-9-7-10(16-4-15-9)18(5-17-7)8-6-1-12(6,2-19)11(21)13(8,22)3-20/h4-6,8,11,19-22H,1-3H2,(H2,14,15,16)/t6-,8-,11-,12+,13+/m1/s1. The number of nitrogen functional groups attached to an aromatic ring is 1. The van der Waals surface area contributed by atoms with Crippen molar-refractivity contribution in [2.45, 2.75) is 24.2 Å². The van der Waals surface area contributed by atoms with Gasteiger partial charge in [-0.2, -0.15) is 0 Å². The summed E-state index contributed by atoms with van der Waals surface area (Å²) in [4.78, 5) is 12.2. The Morgan fingerprint density at radius 2 is 2.05 bits per heavy atom. The van der Waals surface area contributed by atoms with Gasteiger partial charge in [0.1, 0.15) is 17.4 Å². The molecule has 22 heavy (non-hydrogen) atoms. The molecule has 5 atom stereocenters. The normalized spacial score (nSPS) is 40.1. The fourth-order valence-electron chi connectivity index (χ4n) is 4.06. The lowest BCUT2D eigenvalue weighted by atomic mass is 9.88. The van der Waals surface area contributed by atoms with Crippen LogP contribution in [0.25, 0.3) is 11.2 Å². The third kappa shape index (κ3) is 1.39. The summed E-state index contributed by atoms with van der Waals surface area (Å²) >= 11 is 0. The molecule has 0 radical (unpaired) electrons. The number of nitrogens with two attached hydrogens (primary N) is 1. The van der Waals surface area contributed by atoms with Gasteiger partial charge in [0.05, 0.1) is 31.7 Å². The average molecular weight is 307 g/mol. The van der Waals surface area contributed by atoms with E-state index >= 15 is 0 Å². The van der Waals surface area contributed by atoms with E-state index in [-0.39, 0.29) is 18.3 Å². The first-order valence-electron chi connectivity index (χ1n) is 7.05. The summed E-state index contributed by atoms with van der Waals surface area (Å²) in [6.45, 7) is -0.876. The third-order valence-corrected chi connectivity index (χ3v) is 5.32. The lowest BCUT2D eigenvalue weighted by Gasteiger charge is -2.35. The molecule has 0 unspecified atom stereocenters. The molecule has 2 fully saturated rings. The number of aliphatic hydroxyl groups excluding tert-OH is 3. The van der Waals surface area contributed by atoms with Gasteiger partial charge in [0.25, 0.3) is 0 Å². The summed E-state index contributed by atoms with van der Waals surface area (Å²) < 4.78 is 1.61. The van der Waals surface area contributed by atoms with Gasteiger partial charge in [0.15, 0.2) is 11.5 Å². The number of hydrogen-bond donors (Lipinski definition) is 5. The second-order valence-electron chi connectivity index (χ2n) is 6.28. The van der Waals surface area contributed by atoms with Crippen molar-refractivity contribution in [3.05, 3.63) is 12.7 Å². The van der Waals surface area contributed by atoms with Crippen molar-refractivity contribution >= 4 is 17.0 Å². The van der Waals surface area contributed by atoms with Crippen molar-refractivity contribution in [3.63, 3.8) is 0 Å². The Morgan fingerprint density at radius 1 is 1.27 bits per heavy atom. The van der Waals surface area contributed by atoms with Crippen LogP contribution in [-0.2, 0) is 0 Å². The molecule has 9 heteroatoms. The monoisotopic (exact) mass is 307 g/mol. The molecule has 0 spiro atoms. The molecule has 2 aliphatic rings. The van der Waals surface area contributed by atoms with Gasteiger partial charge in [0, 0.05) is 5.41 Å². The van der Waals surface area contributed by atoms with Crippen molar-refractivity contribution in [1.82, 2.24) is 19.5 Å². The van der Waals surface area contributed by atoms with Crippen molar-refractivity contribution in [2.75, 3.05) is 18.9 Å². The Bertz CT molecular complexity index is 751. The van der Waals surface area contributed by atoms with Gasteiger partial charge in [-0.1, -0.05) is 0 Å². The smallest absolute Gasteiger partial charge is 0.165 e. The zero-order chi connectivity index (χ0) is 15.7. The van der Waals surface area contributed by atoms with E-state index in [0.29, 0.717) is 17.6 Å². The average Bonchev–Trinajstić information content (AvgIpc) is 3.04. The number of anilines is 1. The molecule has 2 heterocycles. The highest BCUT2D eigenvalue weighted by atomic mass is 16.4. The number of aromatic nitrogens is 4. The number of aliphatic hydroxyl groups is 4. The van der Waals surface area contributed by atoms with E-state index in [4.69, 9.17) is 5.73 Å². The molecule has 2 aromatic rings. The van der Waals surface area contributed by atoms with Gasteiger partial charge in [-0.25, -0.2) is 15.0 Å². The SMILES string of the molecule is Nc1ncnc2c1ncn2[C@@H]1[C@H]2C[C@@]2(CO)[C@@H](O)[C@]1(O)CO. The van der Waals surface area contributed by atoms with Crippen LogP contribution in [0.5, 0.6) is 0 Å². The minimum absolute atomic E-state index is 0.168. The van der Waals surface area contributed by atoms with Gasteiger partial charge in [0.2, 0.25) is 0 Å². The van der Waals surface area contributed by atoms with Crippen LogP contribution in [0, 0.1) is 11.3 Å². The molecule has 4 rings (SSSR count). The molecule has 0 aliphatic heterocycles. The lowest BCUT2D eigenvalue weighted by molar-refractivity contribution is -0.136. The largest absolute Gasteiger partial charge is 0.396 e. The highest BCUT2D eigenvalue weighted by Crippen LogP contribution is 2.70. The zero-order valence-corrected chi connectivity index (χ0v) is 11.7. The summed E-state index contributed by atoms with van der Waals surface area (Å²) in [6.07, 6.45) is 2.12. The summed E-state index contributed by atoms with van der Waals surface area (Å²) in [5.74, 6) is 0.0530. The van der Waals surface area contributed by atoms with E-state index in [1.54, 1.807) is 4.57 Å². The molecule has 0 saturated heterocycles.